The third-order valence-electron chi connectivity index (χ3n) is 4.65. The number of benzene rings is 2. The molecule has 2 atom stereocenters. The first-order chi connectivity index (χ1) is 11.2. The van der Waals surface area contributed by atoms with E-state index in [0.717, 1.165) is 0 Å². The van der Waals surface area contributed by atoms with E-state index >= 15 is 0 Å². The molecule has 0 saturated carbocycles. The van der Waals surface area contributed by atoms with E-state index in [2.05, 4.69) is 0 Å². The number of ketones is 1. The minimum Gasteiger partial charge on any atom is -0.508 e. The summed E-state index contributed by atoms with van der Waals surface area (Å²) in [4.78, 5) is 12.8. The quantitative estimate of drug-likeness (QED) is 0.686. The molecular formula is C19H22O5. The Morgan fingerprint density at radius 1 is 0.750 bits per heavy atom. The zero-order valence-electron chi connectivity index (χ0n) is 14.2. The topological polar surface area (TPSA) is 98.0 Å². The van der Waals surface area contributed by atoms with E-state index < -0.39 is 11.8 Å². The van der Waals surface area contributed by atoms with Gasteiger partial charge in [0.25, 0.3) is 0 Å². The Hall–Kier alpha value is -2.69. The smallest absolute Gasteiger partial charge is 0.147 e. The van der Waals surface area contributed by atoms with Crippen LogP contribution in [0.1, 0.15) is 47.9 Å². The van der Waals surface area contributed by atoms with Crippen molar-refractivity contribution in [1.29, 1.82) is 0 Å². The van der Waals surface area contributed by atoms with E-state index in [1.54, 1.807) is 27.7 Å². The second-order valence-corrected chi connectivity index (χ2v) is 6.14. The Morgan fingerprint density at radius 3 is 1.42 bits per heavy atom. The van der Waals surface area contributed by atoms with Crippen molar-refractivity contribution in [3.63, 3.8) is 0 Å². The molecule has 0 spiro atoms. The zero-order valence-corrected chi connectivity index (χ0v) is 14.2. The Labute approximate surface area is 140 Å². The maximum Gasteiger partial charge on any atom is 0.147 e. The van der Waals surface area contributed by atoms with E-state index in [0.29, 0.717) is 22.3 Å². The molecule has 0 aromatic heterocycles. The van der Waals surface area contributed by atoms with Crippen molar-refractivity contribution < 1.29 is 25.2 Å². The highest BCUT2D eigenvalue weighted by Crippen LogP contribution is 2.39. The van der Waals surface area contributed by atoms with Gasteiger partial charge in [-0.1, -0.05) is 26.0 Å². The van der Waals surface area contributed by atoms with Gasteiger partial charge in [-0.25, -0.2) is 0 Å². The molecule has 5 nitrogen and oxygen atoms in total. The van der Waals surface area contributed by atoms with E-state index in [-0.39, 0.29) is 28.8 Å². The summed E-state index contributed by atoms with van der Waals surface area (Å²) in [5, 5.41) is 39.6. The van der Waals surface area contributed by atoms with Crippen LogP contribution in [0.2, 0.25) is 0 Å². The van der Waals surface area contributed by atoms with Crippen molar-refractivity contribution >= 4 is 5.78 Å². The summed E-state index contributed by atoms with van der Waals surface area (Å²) in [6.45, 7) is 6.50. The van der Waals surface area contributed by atoms with Crippen LogP contribution in [0.3, 0.4) is 0 Å². The van der Waals surface area contributed by atoms with E-state index in [1.807, 2.05) is 0 Å². The van der Waals surface area contributed by atoms with Crippen LogP contribution in [0, 0.1) is 13.8 Å². The molecule has 4 N–H and O–H groups in total. The molecule has 2 aromatic rings. The molecule has 0 aliphatic heterocycles. The molecule has 0 amide bonds. The zero-order chi connectivity index (χ0) is 18.2. The number of hydrogen-bond donors (Lipinski definition) is 4. The number of carbonyl (C=O) groups is 1. The maximum atomic E-state index is 12.8. The van der Waals surface area contributed by atoms with Gasteiger partial charge in [-0.15, -0.1) is 0 Å². The fraction of sp³-hybridized carbons (Fsp3) is 0.316. The first-order valence-corrected chi connectivity index (χ1v) is 7.73. The number of phenolic OH excluding ortho intramolecular Hbond substituents is 4. The van der Waals surface area contributed by atoms with Crippen LogP contribution < -0.4 is 0 Å². The molecule has 2 aromatic carbocycles. The Morgan fingerprint density at radius 2 is 1.08 bits per heavy atom. The average molecular weight is 330 g/mol. The summed E-state index contributed by atoms with van der Waals surface area (Å²) in [6.07, 6.45) is 0. The SMILES string of the molecule is Cc1c(O)ccc(C(C)C(=O)C(C)c2ccc(O)c(C)c2O)c1O. The van der Waals surface area contributed by atoms with Gasteiger partial charge in [0, 0.05) is 34.1 Å². The maximum absolute atomic E-state index is 12.8. The van der Waals surface area contributed by atoms with Gasteiger partial charge in [0.05, 0.1) is 0 Å². The lowest BCUT2D eigenvalue weighted by Gasteiger charge is -2.20. The first kappa shape index (κ1) is 17.7. The van der Waals surface area contributed by atoms with Gasteiger partial charge in [0.1, 0.15) is 28.8 Å². The van der Waals surface area contributed by atoms with Crippen LogP contribution in [0.4, 0.5) is 0 Å². The van der Waals surface area contributed by atoms with Crippen LogP contribution in [0.15, 0.2) is 24.3 Å². The van der Waals surface area contributed by atoms with Crippen molar-refractivity contribution in [2.45, 2.75) is 39.5 Å². The van der Waals surface area contributed by atoms with Crippen molar-refractivity contribution in [2.75, 3.05) is 0 Å². The number of hydrogen-bond acceptors (Lipinski definition) is 5. The number of rotatable bonds is 4. The third kappa shape index (κ3) is 2.89. The minimum absolute atomic E-state index is 0.0317. The molecule has 128 valence electrons. The fourth-order valence-corrected chi connectivity index (χ4v) is 2.80. The monoisotopic (exact) mass is 330 g/mol. The molecule has 2 rings (SSSR count). The van der Waals surface area contributed by atoms with Crippen LogP contribution in [-0.4, -0.2) is 26.2 Å². The van der Waals surface area contributed by atoms with Crippen molar-refractivity contribution in [3.8, 4) is 23.0 Å². The highest BCUT2D eigenvalue weighted by molar-refractivity contribution is 5.92. The summed E-state index contributed by atoms with van der Waals surface area (Å²) in [7, 11) is 0. The van der Waals surface area contributed by atoms with Gasteiger partial charge < -0.3 is 20.4 Å². The van der Waals surface area contributed by atoms with Crippen molar-refractivity contribution in [2.24, 2.45) is 0 Å². The van der Waals surface area contributed by atoms with Crippen molar-refractivity contribution in [1.82, 2.24) is 0 Å². The molecule has 0 heterocycles. The highest BCUT2D eigenvalue weighted by Gasteiger charge is 2.28. The number of phenols is 4. The lowest BCUT2D eigenvalue weighted by molar-refractivity contribution is -0.121. The van der Waals surface area contributed by atoms with Gasteiger partial charge in [0.2, 0.25) is 0 Å². The largest absolute Gasteiger partial charge is 0.508 e. The fourth-order valence-electron chi connectivity index (χ4n) is 2.80. The molecule has 2 unspecified atom stereocenters. The number of aromatic hydroxyl groups is 4. The normalized spacial score (nSPS) is 13.5. The van der Waals surface area contributed by atoms with Crippen molar-refractivity contribution in [3.05, 3.63) is 46.5 Å². The van der Waals surface area contributed by atoms with Crippen LogP contribution in [-0.2, 0) is 4.79 Å². The molecule has 24 heavy (non-hydrogen) atoms. The summed E-state index contributed by atoms with van der Waals surface area (Å²) >= 11 is 0. The molecule has 0 aliphatic carbocycles. The Kier molecular flexibility index (Phi) is 4.73. The Bertz CT molecular complexity index is 729. The number of carbonyl (C=O) groups excluding carboxylic acids is 1. The minimum atomic E-state index is -0.618. The number of Topliss-reactive ketones (excluding diaryl/α,β-unsaturated/α-hetero) is 1. The predicted molar refractivity (Wildman–Crippen MR) is 90.9 cm³/mol. The molecule has 0 aliphatic rings. The second-order valence-electron chi connectivity index (χ2n) is 6.14. The summed E-state index contributed by atoms with van der Waals surface area (Å²) in [5.41, 5.74) is 1.50. The highest BCUT2D eigenvalue weighted by atomic mass is 16.3. The van der Waals surface area contributed by atoms with Gasteiger partial charge in [-0.05, 0) is 26.0 Å². The first-order valence-electron chi connectivity index (χ1n) is 7.73. The average Bonchev–Trinajstić information content (AvgIpc) is 2.56. The molecule has 0 fully saturated rings. The van der Waals surface area contributed by atoms with Gasteiger partial charge in [0.15, 0.2) is 0 Å². The lowest BCUT2D eigenvalue weighted by atomic mass is 9.84. The molecule has 0 saturated heterocycles. The molecule has 5 heteroatoms. The van der Waals surface area contributed by atoms with E-state index in [9.17, 15) is 25.2 Å². The summed E-state index contributed by atoms with van der Waals surface area (Å²) in [6, 6.07) is 5.94. The molecule has 0 bridgehead atoms. The summed E-state index contributed by atoms with van der Waals surface area (Å²) < 4.78 is 0. The van der Waals surface area contributed by atoms with E-state index in [1.165, 1.54) is 24.3 Å². The summed E-state index contributed by atoms with van der Waals surface area (Å²) in [5.74, 6) is -1.69. The predicted octanol–water partition coefficient (Wildman–Crippen LogP) is 3.60. The van der Waals surface area contributed by atoms with Gasteiger partial charge >= 0.3 is 0 Å². The molecule has 0 radical (unpaired) electrons. The van der Waals surface area contributed by atoms with Crippen LogP contribution in [0.5, 0.6) is 23.0 Å². The van der Waals surface area contributed by atoms with E-state index in [4.69, 9.17) is 0 Å². The van der Waals surface area contributed by atoms with Crippen LogP contribution in [0.25, 0.3) is 0 Å². The molecular weight excluding hydrogens is 308 g/mol. The van der Waals surface area contributed by atoms with Gasteiger partial charge in [-0.3, -0.25) is 4.79 Å². The second kappa shape index (κ2) is 6.43. The van der Waals surface area contributed by atoms with Gasteiger partial charge in [-0.2, -0.15) is 0 Å². The lowest BCUT2D eigenvalue weighted by Crippen LogP contribution is -2.17. The standard InChI is InChI=1S/C19H22O5/c1-9(13-5-7-15(20)11(3)18(13)23)17(22)10(2)14-6-8-16(21)12(4)19(14)24/h5-10,20-21,23-24H,1-4H3. The van der Waals surface area contributed by atoms with Crippen LogP contribution >= 0.6 is 0 Å². The Balaban J connectivity index is 2.38. The third-order valence-corrected chi connectivity index (χ3v) is 4.65.